The minimum Gasteiger partial charge on any atom is -0.504 e. The molecule has 15 nitrogen and oxygen atoms in total. The van der Waals surface area contributed by atoms with Gasteiger partial charge < -0.3 is 70.0 Å². The number of ether oxygens (including phenoxy) is 4. The summed E-state index contributed by atoms with van der Waals surface area (Å²) in [5, 5.41) is 98.1. The fourth-order valence-electron chi connectivity index (χ4n) is 3.67. The summed E-state index contributed by atoms with van der Waals surface area (Å²) in [6, 6.07) is 1.52. The Bertz CT molecular complexity index is 854. The van der Waals surface area contributed by atoms with Crippen LogP contribution in [0, 0.1) is 0 Å². The first kappa shape index (κ1) is 26.3. The summed E-state index contributed by atoms with van der Waals surface area (Å²) in [5.41, 5.74) is -0.451. The van der Waals surface area contributed by atoms with Crippen molar-refractivity contribution in [1.29, 1.82) is 0 Å². The van der Waals surface area contributed by atoms with Gasteiger partial charge in [-0.3, -0.25) is 0 Å². The number of carbonyl (C=O) groups is 1. The van der Waals surface area contributed by atoms with Crippen molar-refractivity contribution in [1.82, 2.24) is 0 Å². The molecule has 2 aliphatic rings. The average molecular weight is 494 g/mol. The Morgan fingerprint density at radius 3 is 2.03 bits per heavy atom. The molecule has 0 amide bonds. The zero-order valence-corrected chi connectivity index (χ0v) is 17.4. The molecule has 34 heavy (non-hydrogen) atoms. The number of phenols is 3. The van der Waals surface area contributed by atoms with Crippen molar-refractivity contribution in [3.05, 3.63) is 17.7 Å². The van der Waals surface area contributed by atoms with Crippen LogP contribution in [0.5, 0.6) is 17.2 Å². The second kappa shape index (κ2) is 10.1. The van der Waals surface area contributed by atoms with E-state index >= 15 is 0 Å². The van der Waals surface area contributed by atoms with Crippen LogP contribution < -0.4 is 0 Å². The van der Waals surface area contributed by atoms with Crippen LogP contribution in [0.25, 0.3) is 0 Å². The first-order valence-electron chi connectivity index (χ1n) is 10.0. The Morgan fingerprint density at radius 2 is 1.50 bits per heavy atom. The van der Waals surface area contributed by atoms with Crippen LogP contribution in [0.15, 0.2) is 12.1 Å². The van der Waals surface area contributed by atoms with E-state index in [1.807, 2.05) is 0 Å². The third kappa shape index (κ3) is 4.63. The number of aliphatic hydroxyl groups is 7. The van der Waals surface area contributed by atoms with Crippen molar-refractivity contribution < 1.29 is 74.8 Å². The molecule has 0 bridgehead atoms. The first-order chi connectivity index (χ1) is 16.0. The highest BCUT2D eigenvalue weighted by Gasteiger charge is 2.60. The van der Waals surface area contributed by atoms with Crippen LogP contribution in [0.3, 0.4) is 0 Å². The van der Waals surface area contributed by atoms with E-state index in [1.54, 1.807) is 0 Å². The molecule has 2 saturated heterocycles. The summed E-state index contributed by atoms with van der Waals surface area (Å²) in [4.78, 5) is 12.5. The van der Waals surface area contributed by atoms with Crippen molar-refractivity contribution in [3.8, 4) is 17.2 Å². The second-order valence-electron chi connectivity index (χ2n) is 7.80. The van der Waals surface area contributed by atoms with Crippen LogP contribution >= 0.6 is 0 Å². The number of rotatable bonds is 7. The number of phenolic OH excluding ortho intramolecular Hbond substituents is 3. The number of benzene rings is 1. The highest BCUT2D eigenvalue weighted by molar-refractivity contribution is 5.91. The number of hydrogen-bond donors (Lipinski definition) is 10. The van der Waals surface area contributed by atoms with E-state index in [4.69, 9.17) is 18.9 Å². The summed E-state index contributed by atoms with van der Waals surface area (Å²) in [6.45, 7) is -2.78. The lowest BCUT2D eigenvalue weighted by molar-refractivity contribution is -0.383. The largest absolute Gasteiger partial charge is 0.504 e. The fourth-order valence-corrected chi connectivity index (χ4v) is 3.67. The molecule has 2 heterocycles. The van der Waals surface area contributed by atoms with Gasteiger partial charge in [0, 0.05) is 0 Å². The summed E-state index contributed by atoms with van der Waals surface area (Å²) >= 11 is 0. The molecule has 1 aromatic carbocycles. The molecule has 2 aliphatic heterocycles. The lowest BCUT2D eigenvalue weighted by atomic mass is 9.99. The first-order valence-corrected chi connectivity index (χ1v) is 10.0. The summed E-state index contributed by atoms with van der Waals surface area (Å²) in [6.07, 6.45) is -13.9. The summed E-state index contributed by atoms with van der Waals surface area (Å²) in [5.74, 6) is -6.28. The van der Waals surface area contributed by atoms with E-state index in [0.717, 1.165) is 12.1 Å². The zero-order chi connectivity index (χ0) is 25.4. The van der Waals surface area contributed by atoms with Gasteiger partial charge in [0.05, 0.1) is 18.8 Å². The molecular weight excluding hydrogens is 468 g/mol. The maximum absolute atomic E-state index is 12.5. The maximum Gasteiger partial charge on any atom is 0.338 e. The van der Waals surface area contributed by atoms with Gasteiger partial charge in [0.1, 0.15) is 43.2 Å². The summed E-state index contributed by atoms with van der Waals surface area (Å²) < 4.78 is 21.0. The van der Waals surface area contributed by atoms with Crippen molar-refractivity contribution in [2.45, 2.75) is 54.8 Å². The minimum atomic E-state index is -2.47. The topological polar surface area (TPSA) is 256 Å². The standard InChI is InChI=1S/C19H26O15/c20-3-9-12(26)13(27)14(28)18(31-9)34-19(5-22)16(29)15(10(4-21)33-19)32-17(30)6-1-7(23)11(25)8(24)2-6/h1-2,9-10,12-16,18,20-29H,3-5H2/t9-,10-,12-,13+,14-,15-,16+,18-,19+/m1/s1. The van der Waals surface area contributed by atoms with Gasteiger partial charge in [0.25, 0.3) is 0 Å². The van der Waals surface area contributed by atoms with E-state index in [0.29, 0.717) is 0 Å². The van der Waals surface area contributed by atoms with Gasteiger partial charge in [0.2, 0.25) is 5.79 Å². The monoisotopic (exact) mass is 494 g/mol. The maximum atomic E-state index is 12.5. The van der Waals surface area contributed by atoms with Crippen molar-refractivity contribution >= 4 is 5.97 Å². The van der Waals surface area contributed by atoms with Gasteiger partial charge in [-0.15, -0.1) is 0 Å². The fraction of sp³-hybridized carbons (Fsp3) is 0.632. The Labute approximate surface area is 191 Å². The molecule has 15 heteroatoms. The van der Waals surface area contributed by atoms with Crippen LogP contribution in [-0.4, -0.2) is 132 Å². The molecular formula is C19H26O15. The lowest BCUT2D eigenvalue weighted by Gasteiger charge is -2.43. The van der Waals surface area contributed by atoms with E-state index in [-0.39, 0.29) is 0 Å². The predicted molar refractivity (Wildman–Crippen MR) is 103 cm³/mol. The number of carbonyl (C=O) groups excluding carboxylic acids is 1. The molecule has 0 aromatic heterocycles. The minimum absolute atomic E-state index is 0.451. The molecule has 9 atom stereocenters. The Kier molecular flexibility index (Phi) is 7.83. The van der Waals surface area contributed by atoms with Crippen LogP contribution in [-0.2, 0) is 18.9 Å². The third-order valence-corrected chi connectivity index (χ3v) is 5.59. The predicted octanol–water partition coefficient (Wildman–Crippen LogP) is -4.41. The number of aliphatic hydroxyl groups excluding tert-OH is 7. The Balaban J connectivity index is 1.82. The smallest absolute Gasteiger partial charge is 0.338 e. The quantitative estimate of drug-likeness (QED) is 0.127. The lowest BCUT2D eigenvalue weighted by Crippen LogP contribution is -2.62. The highest BCUT2D eigenvalue weighted by atomic mass is 16.8. The second-order valence-corrected chi connectivity index (χ2v) is 7.80. The molecule has 0 saturated carbocycles. The van der Waals surface area contributed by atoms with E-state index < -0.39 is 103 Å². The molecule has 1 aromatic rings. The van der Waals surface area contributed by atoms with Crippen LogP contribution in [0.2, 0.25) is 0 Å². The molecule has 10 N–H and O–H groups in total. The zero-order valence-electron chi connectivity index (χ0n) is 17.4. The Hall–Kier alpha value is -2.31. The Morgan fingerprint density at radius 1 is 0.912 bits per heavy atom. The molecule has 3 rings (SSSR count). The van der Waals surface area contributed by atoms with Gasteiger partial charge in [-0.05, 0) is 12.1 Å². The van der Waals surface area contributed by atoms with Crippen molar-refractivity contribution in [3.63, 3.8) is 0 Å². The molecule has 192 valence electrons. The third-order valence-electron chi connectivity index (χ3n) is 5.59. The van der Waals surface area contributed by atoms with E-state index in [1.165, 1.54) is 0 Å². The van der Waals surface area contributed by atoms with Crippen molar-refractivity contribution in [2.75, 3.05) is 19.8 Å². The molecule has 2 fully saturated rings. The van der Waals surface area contributed by atoms with Gasteiger partial charge >= 0.3 is 5.97 Å². The average Bonchev–Trinajstić information content (AvgIpc) is 3.08. The van der Waals surface area contributed by atoms with Gasteiger partial charge in [-0.25, -0.2) is 4.79 Å². The van der Waals surface area contributed by atoms with E-state index in [9.17, 15) is 55.9 Å². The highest BCUT2D eigenvalue weighted by Crippen LogP contribution is 2.39. The number of esters is 1. The van der Waals surface area contributed by atoms with Crippen LogP contribution in [0.1, 0.15) is 10.4 Å². The molecule has 0 aliphatic carbocycles. The van der Waals surface area contributed by atoms with Crippen LogP contribution in [0.4, 0.5) is 0 Å². The normalized spacial score (nSPS) is 38.1. The molecule has 0 spiro atoms. The number of aromatic hydroxyl groups is 3. The molecule has 0 unspecified atom stereocenters. The van der Waals surface area contributed by atoms with Gasteiger partial charge in [-0.1, -0.05) is 0 Å². The number of hydrogen-bond acceptors (Lipinski definition) is 15. The SMILES string of the molecule is O=C(O[C@@H]1[C@@H](CO)O[C@@](CO)(O[C@H]2O[C@H](CO)[C@@H](O)[C@H](O)[C@H]2O)[C@H]1O)c1cc(O)c(O)c(O)c1. The molecule has 0 radical (unpaired) electrons. The van der Waals surface area contributed by atoms with Gasteiger partial charge in [0.15, 0.2) is 29.6 Å². The summed E-state index contributed by atoms with van der Waals surface area (Å²) in [7, 11) is 0. The van der Waals surface area contributed by atoms with E-state index in [2.05, 4.69) is 0 Å². The van der Waals surface area contributed by atoms with Crippen molar-refractivity contribution in [2.24, 2.45) is 0 Å². The van der Waals surface area contributed by atoms with Gasteiger partial charge in [-0.2, -0.15) is 0 Å².